The summed E-state index contributed by atoms with van der Waals surface area (Å²) >= 11 is 0. The van der Waals surface area contributed by atoms with E-state index in [-0.39, 0.29) is 0 Å². The maximum atomic E-state index is 3.76. The smallest absolute Gasteiger partial charge is 0.0107 e. The van der Waals surface area contributed by atoms with Crippen LogP contribution in [0.1, 0.15) is 25.0 Å². The highest BCUT2D eigenvalue weighted by Crippen LogP contribution is 2.05. The second-order valence-corrected chi connectivity index (χ2v) is 4.47. The number of hydrogen-bond acceptors (Lipinski definition) is 2. The number of nitrogens with one attached hydrogen (secondary N) is 1. The van der Waals surface area contributed by atoms with Gasteiger partial charge in [0.2, 0.25) is 0 Å². The summed E-state index contributed by atoms with van der Waals surface area (Å²) in [6, 6.07) is 8.61. The molecule has 0 amide bonds. The van der Waals surface area contributed by atoms with Crippen LogP contribution in [-0.2, 0) is 6.42 Å². The van der Waals surface area contributed by atoms with E-state index >= 15 is 0 Å². The highest BCUT2D eigenvalue weighted by Gasteiger charge is 1.97. The van der Waals surface area contributed by atoms with Crippen LogP contribution in [0.4, 0.5) is 0 Å². The molecule has 0 atom stereocenters. The number of benzene rings is 1. The van der Waals surface area contributed by atoms with Crippen LogP contribution in [0.2, 0.25) is 0 Å². The van der Waals surface area contributed by atoms with Gasteiger partial charge in [-0.05, 0) is 37.2 Å². The minimum atomic E-state index is 1.05. The van der Waals surface area contributed by atoms with Crippen molar-refractivity contribution in [2.24, 2.45) is 0 Å². The largest absolute Gasteiger partial charge is 0.315 e. The quantitative estimate of drug-likeness (QED) is 0.674. The van der Waals surface area contributed by atoms with Gasteiger partial charge >= 0.3 is 0 Å². The van der Waals surface area contributed by atoms with Gasteiger partial charge in [0.25, 0.3) is 0 Å². The molecule has 1 rings (SSSR count). The Labute approximate surface area is 112 Å². The topological polar surface area (TPSA) is 15.3 Å². The molecule has 0 spiro atoms. The van der Waals surface area contributed by atoms with Gasteiger partial charge in [0.05, 0.1) is 0 Å². The predicted octanol–water partition coefficient (Wildman–Crippen LogP) is 2.80. The van der Waals surface area contributed by atoms with Crippen LogP contribution in [0.25, 0.3) is 6.08 Å². The Bertz CT molecular complexity index is 325. The van der Waals surface area contributed by atoms with Crippen molar-refractivity contribution in [2.45, 2.75) is 20.3 Å². The molecule has 0 fully saturated rings. The zero-order valence-electron chi connectivity index (χ0n) is 11.8. The summed E-state index contributed by atoms with van der Waals surface area (Å²) < 4.78 is 0. The summed E-state index contributed by atoms with van der Waals surface area (Å²) in [5, 5.41) is 3.50. The number of rotatable bonds is 9. The van der Waals surface area contributed by atoms with Gasteiger partial charge in [0, 0.05) is 13.1 Å². The second-order valence-electron chi connectivity index (χ2n) is 4.47. The van der Waals surface area contributed by atoms with Gasteiger partial charge in [-0.2, -0.15) is 0 Å². The Morgan fingerprint density at radius 1 is 1.11 bits per heavy atom. The van der Waals surface area contributed by atoms with Crippen LogP contribution in [0.15, 0.2) is 30.8 Å². The van der Waals surface area contributed by atoms with Crippen molar-refractivity contribution in [3.05, 3.63) is 42.0 Å². The summed E-state index contributed by atoms with van der Waals surface area (Å²) in [5.74, 6) is 0. The van der Waals surface area contributed by atoms with Gasteiger partial charge in [-0.3, -0.25) is 0 Å². The molecule has 100 valence electrons. The molecule has 0 aliphatic carbocycles. The van der Waals surface area contributed by atoms with Crippen LogP contribution >= 0.6 is 0 Å². The van der Waals surface area contributed by atoms with Crippen molar-refractivity contribution in [3.63, 3.8) is 0 Å². The van der Waals surface area contributed by atoms with Gasteiger partial charge in [-0.15, -0.1) is 0 Å². The average Bonchev–Trinajstić information content (AvgIpc) is 2.43. The molecule has 0 bridgehead atoms. The van der Waals surface area contributed by atoms with Gasteiger partial charge < -0.3 is 10.2 Å². The third-order valence-corrected chi connectivity index (χ3v) is 3.31. The molecule has 1 aromatic carbocycles. The third kappa shape index (κ3) is 5.48. The third-order valence-electron chi connectivity index (χ3n) is 3.31. The highest BCUT2D eigenvalue weighted by molar-refractivity contribution is 5.47. The monoisotopic (exact) mass is 246 g/mol. The van der Waals surface area contributed by atoms with Crippen molar-refractivity contribution < 1.29 is 0 Å². The lowest BCUT2D eigenvalue weighted by molar-refractivity contribution is 0.303. The number of likely N-dealkylation sites (N-methyl/N-ethyl adjacent to an activating group) is 1. The normalized spacial score (nSPS) is 10.8. The standard InChI is InChI=1S/C16H26N2/c1-4-15-7-9-16(10-8-15)11-12-17-13-14-18(5-2)6-3/h4,7-10,17H,1,5-6,11-14H2,2-3H3. The number of hydrogen-bond donors (Lipinski definition) is 1. The number of nitrogens with zero attached hydrogens (tertiary/aromatic N) is 1. The van der Waals surface area contributed by atoms with Gasteiger partial charge in [-0.1, -0.05) is 50.8 Å². The Morgan fingerprint density at radius 2 is 1.78 bits per heavy atom. The van der Waals surface area contributed by atoms with Crippen molar-refractivity contribution in [3.8, 4) is 0 Å². The maximum absolute atomic E-state index is 3.76. The van der Waals surface area contributed by atoms with Crippen LogP contribution in [0.3, 0.4) is 0 Å². The van der Waals surface area contributed by atoms with Gasteiger partial charge in [0.1, 0.15) is 0 Å². The maximum Gasteiger partial charge on any atom is 0.0107 e. The minimum absolute atomic E-state index is 1.05. The molecule has 0 heterocycles. The van der Waals surface area contributed by atoms with E-state index in [1.54, 1.807) is 0 Å². The molecule has 0 aliphatic heterocycles. The molecule has 18 heavy (non-hydrogen) atoms. The van der Waals surface area contributed by atoms with E-state index in [4.69, 9.17) is 0 Å². The average molecular weight is 246 g/mol. The summed E-state index contributed by atoms with van der Waals surface area (Å²) in [4.78, 5) is 2.44. The molecule has 0 saturated heterocycles. The van der Waals surface area contributed by atoms with E-state index < -0.39 is 0 Å². The first-order chi connectivity index (χ1) is 8.80. The molecule has 0 aliphatic rings. The van der Waals surface area contributed by atoms with E-state index in [2.05, 4.69) is 54.9 Å². The first-order valence-electron chi connectivity index (χ1n) is 6.94. The fourth-order valence-corrected chi connectivity index (χ4v) is 1.96. The summed E-state index contributed by atoms with van der Waals surface area (Å²) in [7, 11) is 0. The first kappa shape index (κ1) is 14.9. The molecule has 0 aromatic heterocycles. The molecular formula is C16H26N2. The molecule has 0 saturated carbocycles. The summed E-state index contributed by atoms with van der Waals surface area (Å²) in [5.41, 5.74) is 2.57. The van der Waals surface area contributed by atoms with Crippen LogP contribution in [-0.4, -0.2) is 37.6 Å². The molecule has 2 heteroatoms. The molecule has 0 radical (unpaired) electrons. The van der Waals surface area contributed by atoms with E-state index in [1.807, 2.05) is 6.08 Å². The molecular weight excluding hydrogens is 220 g/mol. The lowest BCUT2D eigenvalue weighted by atomic mass is 10.1. The van der Waals surface area contributed by atoms with Crippen molar-refractivity contribution in [2.75, 3.05) is 32.7 Å². The van der Waals surface area contributed by atoms with Crippen LogP contribution in [0.5, 0.6) is 0 Å². The molecule has 2 nitrogen and oxygen atoms in total. The first-order valence-corrected chi connectivity index (χ1v) is 6.94. The zero-order chi connectivity index (χ0) is 13.2. The van der Waals surface area contributed by atoms with Gasteiger partial charge in [0.15, 0.2) is 0 Å². The fraction of sp³-hybridized carbons (Fsp3) is 0.500. The summed E-state index contributed by atoms with van der Waals surface area (Å²) in [6.07, 6.45) is 2.97. The summed E-state index contributed by atoms with van der Waals surface area (Å²) in [6.45, 7) is 13.7. The van der Waals surface area contributed by atoms with Crippen molar-refractivity contribution in [1.29, 1.82) is 0 Å². The molecule has 1 aromatic rings. The lowest BCUT2D eigenvalue weighted by Gasteiger charge is -2.17. The molecule has 0 unspecified atom stereocenters. The fourth-order valence-electron chi connectivity index (χ4n) is 1.96. The predicted molar refractivity (Wildman–Crippen MR) is 80.9 cm³/mol. The van der Waals surface area contributed by atoms with E-state index in [0.29, 0.717) is 0 Å². The zero-order valence-corrected chi connectivity index (χ0v) is 11.8. The Balaban J connectivity index is 2.15. The lowest BCUT2D eigenvalue weighted by Crippen LogP contribution is -2.32. The van der Waals surface area contributed by atoms with E-state index in [0.717, 1.165) is 39.1 Å². The Kier molecular flexibility index (Phi) is 7.38. The van der Waals surface area contributed by atoms with E-state index in [9.17, 15) is 0 Å². The highest BCUT2D eigenvalue weighted by atomic mass is 15.1. The Hall–Kier alpha value is -1.12. The second kappa shape index (κ2) is 8.90. The SMILES string of the molecule is C=Cc1ccc(CCNCCN(CC)CC)cc1. The van der Waals surface area contributed by atoms with Crippen LogP contribution in [0, 0.1) is 0 Å². The van der Waals surface area contributed by atoms with Crippen molar-refractivity contribution in [1.82, 2.24) is 10.2 Å². The minimum Gasteiger partial charge on any atom is -0.315 e. The van der Waals surface area contributed by atoms with Crippen LogP contribution < -0.4 is 5.32 Å². The Morgan fingerprint density at radius 3 is 2.33 bits per heavy atom. The molecule has 1 N–H and O–H groups in total. The van der Waals surface area contributed by atoms with E-state index in [1.165, 1.54) is 11.1 Å². The van der Waals surface area contributed by atoms with Gasteiger partial charge in [-0.25, -0.2) is 0 Å². The van der Waals surface area contributed by atoms with Crippen molar-refractivity contribution >= 4 is 6.08 Å².